The van der Waals surface area contributed by atoms with E-state index in [9.17, 15) is 0 Å². The van der Waals surface area contributed by atoms with Crippen molar-refractivity contribution in [3.63, 3.8) is 0 Å². The average Bonchev–Trinajstić information content (AvgIpc) is 2.78. The van der Waals surface area contributed by atoms with Crippen LogP contribution in [0.2, 0.25) is 0 Å². The fraction of sp³-hybridized carbons (Fsp3) is 0.692. The lowest BCUT2D eigenvalue weighted by Crippen LogP contribution is -2.41. The Morgan fingerprint density at radius 3 is 2.44 bits per heavy atom. The van der Waals surface area contributed by atoms with E-state index >= 15 is 0 Å². The van der Waals surface area contributed by atoms with Gasteiger partial charge in [-0.3, -0.25) is 0 Å². The molecule has 1 aromatic rings. The molecule has 1 saturated heterocycles. The number of hydrogen-bond acceptors (Lipinski definition) is 4. The van der Waals surface area contributed by atoms with Crippen LogP contribution in [0.5, 0.6) is 0 Å². The molecule has 0 radical (unpaired) electrons. The molecule has 3 nitrogen and oxygen atoms in total. The van der Waals surface area contributed by atoms with E-state index in [2.05, 4.69) is 33.8 Å². The minimum absolute atomic E-state index is 0.231. The third-order valence-electron chi connectivity index (χ3n) is 4.13. The molecule has 5 heteroatoms. The van der Waals surface area contributed by atoms with Gasteiger partial charge in [-0.05, 0) is 39.3 Å². The summed E-state index contributed by atoms with van der Waals surface area (Å²) in [5.74, 6) is 0. The van der Waals surface area contributed by atoms with Gasteiger partial charge in [-0.2, -0.15) is 0 Å². The van der Waals surface area contributed by atoms with Crippen LogP contribution in [0.3, 0.4) is 0 Å². The van der Waals surface area contributed by atoms with Crippen molar-refractivity contribution in [2.24, 2.45) is 0 Å². The maximum absolute atomic E-state index is 6.08. The van der Waals surface area contributed by atoms with Gasteiger partial charge in [0, 0.05) is 16.1 Å². The number of hydrogen-bond donors (Lipinski definition) is 0. The summed E-state index contributed by atoms with van der Waals surface area (Å²) in [5, 5.41) is 0. The van der Waals surface area contributed by atoms with Crippen molar-refractivity contribution in [1.82, 2.24) is 0 Å². The summed E-state index contributed by atoms with van der Waals surface area (Å²) in [6, 6.07) is 2.18. The molecule has 2 aliphatic rings. The van der Waals surface area contributed by atoms with Crippen LogP contribution in [-0.4, -0.2) is 24.9 Å². The Morgan fingerprint density at radius 1 is 1.17 bits per heavy atom. The van der Waals surface area contributed by atoms with Crippen molar-refractivity contribution in [2.45, 2.75) is 51.9 Å². The number of ether oxygens (including phenoxy) is 1. The molecule has 0 aromatic carbocycles. The highest BCUT2D eigenvalue weighted by Gasteiger charge is 2.52. The summed E-state index contributed by atoms with van der Waals surface area (Å²) < 4.78 is 18.8. The summed E-state index contributed by atoms with van der Waals surface area (Å²) in [5.41, 5.74) is 0.771. The predicted molar refractivity (Wildman–Crippen MR) is 73.4 cm³/mol. The summed E-state index contributed by atoms with van der Waals surface area (Å²) >= 11 is 1.80. The van der Waals surface area contributed by atoms with E-state index in [1.165, 1.54) is 15.2 Å². The summed E-state index contributed by atoms with van der Waals surface area (Å²) in [6.45, 7) is 9.90. The van der Waals surface area contributed by atoms with E-state index in [1.54, 1.807) is 11.3 Å². The van der Waals surface area contributed by atoms with E-state index in [4.69, 9.17) is 14.0 Å². The van der Waals surface area contributed by atoms with Crippen molar-refractivity contribution in [1.29, 1.82) is 0 Å². The third-order valence-corrected chi connectivity index (χ3v) is 5.39. The molecule has 3 rings (SSSR count). The standard InChI is InChI=1S/C13H19BO3S/c1-12(2)13(3,4)17-14(16-12)11-7-9-8-15-6-5-10(9)18-11/h7H,5-6,8H2,1-4H3. The van der Waals surface area contributed by atoms with Gasteiger partial charge < -0.3 is 14.0 Å². The lowest BCUT2D eigenvalue weighted by molar-refractivity contribution is 0.00578. The van der Waals surface area contributed by atoms with Gasteiger partial charge in [0.1, 0.15) is 0 Å². The van der Waals surface area contributed by atoms with Crippen LogP contribution in [-0.2, 0) is 27.1 Å². The largest absolute Gasteiger partial charge is 0.505 e. The molecule has 18 heavy (non-hydrogen) atoms. The first-order valence-corrected chi connectivity index (χ1v) is 7.25. The van der Waals surface area contributed by atoms with Crippen LogP contribution < -0.4 is 4.78 Å². The molecule has 98 valence electrons. The number of fused-ring (bicyclic) bond motifs is 1. The highest BCUT2D eigenvalue weighted by Crippen LogP contribution is 2.37. The van der Waals surface area contributed by atoms with Crippen molar-refractivity contribution >= 4 is 23.2 Å². The van der Waals surface area contributed by atoms with Crippen molar-refractivity contribution < 1.29 is 14.0 Å². The first-order valence-electron chi connectivity index (χ1n) is 6.44. The Hall–Kier alpha value is -0.355. The zero-order chi connectivity index (χ0) is 13.0. The highest BCUT2D eigenvalue weighted by molar-refractivity contribution is 7.22. The molecule has 0 spiro atoms. The fourth-order valence-electron chi connectivity index (χ4n) is 2.25. The molecule has 1 aromatic heterocycles. The van der Waals surface area contributed by atoms with E-state index < -0.39 is 0 Å². The van der Waals surface area contributed by atoms with Crippen LogP contribution in [0, 0.1) is 0 Å². The van der Waals surface area contributed by atoms with Gasteiger partial charge in [-0.1, -0.05) is 0 Å². The van der Waals surface area contributed by atoms with E-state index in [1.807, 2.05) is 0 Å². The molecule has 0 aliphatic carbocycles. The molecule has 2 aliphatic heterocycles. The summed E-state index contributed by atoms with van der Waals surface area (Å²) in [4.78, 5) is 1.42. The van der Waals surface area contributed by atoms with Gasteiger partial charge in [-0.15, -0.1) is 11.3 Å². The van der Waals surface area contributed by atoms with Crippen LogP contribution in [0.15, 0.2) is 6.07 Å². The molecule has 0 amide bonds. The number of thiophene rings is 1. The van der Waals surface area contributed by atoms with Gasteiger partial charge in [0.15, 0.2) is 0 Å². The quantitative estimate of drug-likeness (QED) is 0.729. The summed E-state index contributed by atoms with van der Waals surface area (Å²) in [7, 11) is -0.231. The predicted octanol–water partition coefficient (Wildman–Crippen LogP) is 2.12. The molecule has 0 N–H and O–H groups in total. The second kappa shape index (κ2) is 4.07. The average molecular weight is 266 g/mol. The first kappa shape index (κ1) is 12.7. The van der Waals surface area contributed by atoms with Crippen LogP contribution in [0.1, 0.15) is 38.1 Å². The molecular formula is C13H19BO3S. The Balaban J connectivity index is 1.87. The lowest BCUT2D eigenvalue weighted by Gasteiger charge is -2.32. The van der Waals surface area contributed by atoms with Gasteiger partial charge in [0.2, 0.25) is 0 Å². The van der Waals surface area contributed by atoms with Crippen LogP contribution in [0.25, 0.3) is 0 Å². The molecule has 0 bridgehead atoms. The third kappa shape index (κ3) is 1.93. The molecular weight excluding hydrogens is 247 g/mol. The Labute approximate surface area is 113 Å². The maximum atomic E-state index is 6.08. The normalized spacial score (nSPS) is 25.2. The fourth-order valence-corrected chi connectivity index (χ4v) is 3.36. The van der Waals surface area contributed by atoms with E-state index in [-0.39, 0.29) is 18.3 Å². The molecule has 3 heterocycles. The Kier molecular flexibility index (Phi) is 2.86. The van der Waals surface area contributed by atoms with Gasteiger partial charge in [0.25, 0.3) is 0 Å². The number of rotatable bonds is 1. The molecule has 0 atom stereocenters. The van der Waals surface area contributed by atoms with Crippen molar-refractivity contribution in [2.75, 3.05) is 6.61 Å². The summed E-state index contributed by atoms with van der Waals surface area (Å²) in [6.07, 6.45) is 1.01. The Morgan fingerprint density at radius 2 is 1.83 bits per heavy atom. The smallest absolute Gasteiger partial charge is 0.399 e. The second-order valence-corrected chi connectivity index (χ2v) is 7.16. The molecule has 0 saturated carbocycles. The molecule has 1 fully saturated rings. The van der Waals surface area contributed by atoms with Gasteiger partial charge in [-0.25, -0.2) is 0 Å². The topological polar surface area (TPSA) is 27.7 Å². The zero-order valence-corrected chi connectivity index (χ0v) is 12.2. The minimum atomic E-state index is -0.265. The monoisotopic (exact) mass is 266 g/mol. The van der Waals surface area contributed by atoms with Crippen molar-refractivity contribution in [3.05, 3.63) is 16.5 Å². The van der Waals surface area contributed by atoms with Gasteiger partial charge in [0.05, 0.1) is 24.4 Å². The van der Waals surface area contributed by atoms with Crippen LogP contribution in [0.4, 0.5) is 0 Å². The highest BCUT2D eigenvalue weighted by atomic mass is 32.1. The lowest BCUT2D eigenvalue weighted by atomic mass is 9.87. The minimum Gasteiger partial charge on any atom is -0.399 e. The van der Waals surface area contributed by atoms with E-state index in [0.29, 0.717) is 0 Å². The molecule has 0 unspecified atom stereocenters. The van der Waals surface area contributed by atoms with Crippen LogP contribution >= 0.6 is 11.3 Å². The van der Waals surface area contributed by atoms with Gasteiger partial charge >= 0.3 is 7.12 Å². The second-order valence-electron chi connectivity index (χ2n) is 5.99. The SMILES string of the molecule is CC1(C)OB(c2cc3c(s2)CCOC3)OC1(C)C. The van der Waals surface area contributed by atoms with E-state index in [0.717, 1.165) is 19.6 Å². The first-order chi connectivity index (χ1) is 8.39. The zero-order valence-electron chi connectivity index (χ0n) is 11.4. The maximum Gasteiger partial charge on any atom is 0.505 e. The Bertz CT molecular complexity index is 427. The van der Waals surface area contributed by atoms with Crippen molar-refractivity contribution in [3.8, 4) is 0 Å².